The van der Waals surface area contributed by atoms with Gasteiger partial charge < -0.3 is 15.0 Å². The lowest BCUT2D eigenvalue weighted by atomic mass is 10.2. The van der Waals surface area contributed by atoms with Crippen molar-refractivity contribution in [2.24, 2.45) is 5.92 Å². The third-order valence-corrected chi connectivity index (χ3v) is 4.28. The van der Waals surface area contributed by atoms with Crippen molar-refractivity contribution >= 4 is 6.03 Å². The van der Waals surface area contributed by atoms with Gasteiger partial charge in [-0.3, -0.25) is 4.90 Å². The Morgan fingerprint density at radius 2 is 2.05 bits per heavy atom. The first-order chi connectivity index (χ1) is 10.3. The minimum absolute atomic E-state index is 0.000936. The predicted molar refractivity (Wildman–Crippen MR) is 75.6 cm³/mol. The van der Waals surface area contributed by atoms with E-state index in [9.17, 15) is 18.0 Å². The number of amides is 2. The van der Waals surface area contributed by atoms with Gasteiger partial charge in [-0.05, 0) is 25.7 Å². The van der Waals surface area contributed by atoms with Gasteiger partial charge in [-0.1, -0.05) is 0 Å². The van der Waals surface area contributed by atoms with Crippen LogP contribution in [0.15, 0.2) is 0 Å². The van der Waals surface area contributed by atoms with Gasteiger partial charge in [0, 0.05) is 32.8 Å². The monoisotopic (exact) mass is 323 g/mol. The van der Waals surface area contributed by atoms with Gasteiger partial charge in [0.1, 0.15) is 0 Å². The molecule has 0 spiro atoms. The van der Waals surface area contributed by atoms with Crippen molar-refractivity contribution < 1.29 is 22.7 Å². The van der Waals surface area contributed by atoms with E-state index in [4.69, 9.17) is 4.74 Å². The Morgan fingerprint density at radius 1 is 1.36 bits per heavy atom. The summed E-state index contributed by atoms with van der Waals surface area (Å²) in [4.78, 5) is 15.2. The van der Waals surface area contributed by atoms with E-state index < -0.39 is 12.7 Å². The zero-order valence-electron chi connectivity index (χ0n) is 13.0. The van der Waals surface area contributed by atoms with Crippen LogP contribution in [0.3, 0.4) is 0 Å². The van der Waals surface area contributed by atoms with E-state index >= 15 is 0 Å². The van der Waals surface area contributed by atoms with Crippen LogP contribution in [0.2, 0.25) is 0 Å². The van der Waals surface area contributed by atoms with E-state index in [1.807, 2.05) is 0 Å². The number of methoxy groups -OCH3 is 1. The molecule has 128 valence electrons. The van der Waals surface area contributed by atoms with Crippen molar-refractivity contribution in [3.8, 4) is 0 Å². The first-order valence-corrected chi connectivity index (χ1v) is 7.65. The molecule has 8 heteroatoms. The second-order valence-corrected chi connectivity index (χ2v) is 6.23. The second kappa shape index (κ2) is 7.04. The number of carbonyl (C=O) groups excluding carboxylic acids is 1. The van der Waals surface area contributed by atoms with Crippen molar-refractivity contribution in [1.82, 2.24) is 15.1 Å². The Bertz CT molecular complexity index is 388. The molecule has 1 heterocycles. The lowest BCUT2D eigenvalue weighted by Crippen LogP contribution is -2.58. The van der Waals surface area contributed by atoms with Gasteiger partial charge in [0.05, 0.1) is 19.2 Å². The molecule has 0 aromatic heterocycles. The van der Waals surface area contributed by atoms with E-state index in [2.05, 4.69) is 5.32 Å². The van der Waals surface area contributed by atoms with Crippen LogP contribution in [0, 0.1) is 5.92 Å². The van der Waals surface area contributed by atoms with E-state index in [0.717, 1.165) is 12.8 Å². The molecule has 2 fully saturated rings. The highest BCUT2D eigenvalue weighted by molar-refractivity contribution is 5.74. The van der Waals surface area contributed by atoms with E-state index in [1.54, 1.807) is 18.9 Å². The lowest BCUT2D eigenvalue weighted by molar-refractivity contribution is -0.153. The van der Waals surface area contributed by atoms with Gasteiger partial charge in [-0.25, -0.2) is 4.79 Å². The smallest absolute Gasteiger partial charge is 0.383 e. The minimum atomic E-state index is -4.20. The Hall–Kier alpha value is -1.02. The van der Waals surface area contributed by atoms with E-state index in [-0.39, 0.29) is 24.7 Å². The first-order valence-electron chi connectivity index (χ1n) is 7.65. The molecule has 2 amide bonds. The van der Waals surface area contributed by atoms with Crippen molar-refractivity contribution in [2.45, 2.75) is 38.0 Å². The maximum atomic E-state index is 12.5. The largest absolute Gasteiger partial charge is 0.401 e. The Kier molecular flexibility index (Phi) is 5.55. The summed E-state index contributed by atoms with van der Waals surface area (Å²) in [6.45, 7) is 2.14. The molecule has 5 nitrogen and oxygen atoms in total. The second-order valence-electron chi connectivity index (χ2n) is 6.23. The summed E-state index contributed by atoms with van der Waals surface area (Å²) in [5, 5.41) is 2.95. The number of carbonyl (C=O) groups is 1. The zero-order chi connectivity index (χ0) is 16.3. The third-order valence-electron chi connectivity index (χ3n) is 4.28. The number of hydrogen-bond acceptors (Lipinski definition) is 3. The average molecular weight is 323 g/mol. The van der Waals surface area contributed by atoms with Crippen LogP contribution >= 0.6 is 0 Å². The SMILES string of the molecule is COC[C@H](NC(=O)N1CCN(CC(F)(F)F)[C@H](C)C1)C1CC1. The maximum absolute atomic E-state index is 12.5. The van der Waals surface area contributed by atoms with Gasteiger partial charge in [-0.15, -0.1) is 0 Å². The molecule has 0 bridgehead atoms. The average Bonchev–Trinajstić information content (AvgIpc) is 3.23. The van der Waals surface area contributed by atoms with Crippen LogP contribution in [-0.2, 0) is 4.74 Å². The quantitative estimate of drug-likeness (QED) is 0.837. The molecule has 22 heavy (non-hydrogen) atoms. The Balaban J connectivity index is 1.82. The Labute approximate surface area is 128 Å². The number of nitrogens with one attached hydrogen (secondary N) is 1. The van der Waals surface area contributed by atoms with Crippen LogP contribution in [0.1, 0.15) is 19.8 Å². The Morgan fingerprint density at radius 3 is 2.55 bits per heavy atom. The highest BCUT2D eigenvalue weighted by Gasteiger charge is 2.37. The van der Waals surface area contributed by atoms with Gasteiger partial charge in [-0.2, -0.15) is 13.2 Å². The molecule has 0 aromatic rings. The van der Waals surface area contributed by atoms with Crippen molar-refractivity contribution in [1.29, 1.82) is 0 Å². The summed E-state index contributed by atoms with van der Waals surface area (Å²) in [5.74, 6) is 0.466. The van der Waals surface area contributed by atoms with E-state index in [0.29, 0.717) is 25.6 Å². The maximum Gasteiger partial charge on any atom is 0.401 e. The number of rotatable bonds is 5. The molecule has 1 aliphatic heterocycles. The molecule has 2 atom stereocenters. The summed E-state index contributed by atoms with van der Waals surface area (Å²) < 4.78 is 42.5. The summed E-state index contributed by atoms with van der Waals surface area (Å²) in [5.41, 5.74) is 0. The zero-order valence-corrected chi connectivity index (χ0v) is 13.0. The number of ether oxygens (including phenoxy) is 1. The fourth-order valence-electron chi connectivity index (χ4n) is 2.87. The molecule has 1 saturated carbocycles. The van der Waals surface area contributed by atoms with Crippen LogP contribution < -0.4 is 5.32 Å². The molecule has 1 aliphatic carbocycles. The fourth-order valence-corrected chi connectivity index (χ4v) is 2.87. The van der Waals surface area contributed by atoms with Crippen molar-refractivity contribution in [2.75, 3.05) is 39.9 Å². The van der Waals surface area contributed by atoms with Crippen LogP contribution in [0.25, 0.3) is 0 Å². The van der Waals surface area contributed by atoms with E-state index in [1.165, 1.54) is 4.90 Å². The van der Waals surface area contributed by atoms with Gasteiger partial charge in [0.25, 0.3) is 0 Å². The minimum Gasteiger partial charge on any atom is -0.383 e. The lowest BCUT2D eigenvalue weighted by Gasteiger charge is -2.40. The van der Waals surface area contributed by atoms with Crippen LogP contribution in [-0.4, -0.2) is 74.0 Å². The number of nitrogens with zero attached hydrogens (tertiary/aromatic N) is 2. The normalized spacial score (nSPS) is 25.1. The topological polar surface area (TPSA) is 44.8 Å². The van der Waals surface area contributed by atoms with Crippen molar-refractivity contribution in [3.63, 3.8) is 0 Å². The van der Waals surface area contributed by atoms with Crippen molar-refractivity contribution in [3.05, 3.63) is 0 Å². The molecule has 0 aromatic carbocycles. The predicted octanol–water partition coefficient (Wildman–Crippen LogP) is 1.69. The molecular weight excluding hydrogens is 299 g/mol. The fraction of sp³-hybridized carbons (Fsp3) is 0.929. The summed E-state index contributed by atoms with van der Waals surface area (Å²) in [6.07, 6.45) is -2.03. The number of halogens is 3. The third kappa shape index (κ3) is 5.01. The standard InChI is InChI=1S/C14H24F3N3O2/c1-10-7-19(5-6-20(10)9-14(15,16)17)13(21)18-12(8-22-2)11-3-4-11/h10-12H,3-9H2,1-2H3,(H,18,21)/t10-,12+/m1/s1. The van der Waals surface area contributed by atoms with Gasteiger partial charge in [0.15, 0.2) is 0 Å². The van der Waals surface area contributed by atoms with Gasteiger partial charge in [0.2, 0.25) is 0 Å². The molecule has 2 aliphatic rings. The number of alkyl halides is 3. The molecule has 0 radical (unpaired) electrons. The van der Waals surface area contributed by atoms with Crippen LogP contribution in [0.4, 0.5) is 18.0 Å². The molecule has 2 rings (SSSR count). The molecule has 1 N–H and O–H groups in total. The number of piperazine rings is 1. The summed E-state index contributed by atoms with van der Waals surface area (Å²) in [7, 11) is 1.60. The summed E-state index contributed by atoms with van der Waals surface area (Å²) >= 11 is 0. The van der Waals surface area contributed by atoms with Crippen LogP contribution in [0.5, 0.6) is 0 Å². The number of hydrogen-bond donors (Lipinski definition) is 1. The highest BCUT2D eigenvalue weighted by Crippen LogP contribution is 2.32. The first kappa shape index (κ1) is 17.3. The summed E-state index contributed by atoms with van der Waals surface area (Å²) in [6, 6.07) is -0.503. The number of urea groups is 1. The highest BCUT2D eigenvalue weighted by atomic mass is 19.4. The van der Waals surface area contributed by atoms with Gasteiger partial charge >= 0.3 is 12.2 Å². The molecular formula is C14H24F3N3O2. The molecule has 0 unspecified atom stereocenters. The molecule has 1 saturated heterocycles.